The number of unbranched alkanes of at least 4 members (excludes halogenated alkanes) is 3. The van der Waals surface area contributed by atoms with Gasteiger partial charge in [0.2, 0.25) is 0 Å². The summed E-state index contributed by atoms with van der Waals surface area (Å²) < 4.78 is 0. The fourth-order valence-corrected chi connectivity index (χ4v) is 2.35. The average Bonchev–Trinajstić information content (AvgIpc) is 2.64. The summed E-state index contributed by atoms with van der Waals surface area (Å²) in [5.41, 5.74) is 0. The summed E-state index contributed by atoms with van der Waals surface area (Å²) in [6.45, 7) is 0. The first kappa shape index (κ1) is 17.1. The fraction of sp³-hybridized carbons (Fsp3) is 0.692. The first-order chi connectivity index (χ1) is 9.84. The van der Waals surface area contributed by atoms with Gasteiger partial charge < -0.3 is 10.2 Å². The molecular formula is C13H19NO7. The Morgan fingerprint density at radius 1 is 1.10 bits per heavy atom. The molecule has 0 spiro atoms. The van der Waals surface area contributed by atoms with Crippen molar-refractivity contribution < 1.29 is 34.6 Å². The van der Waals surface area contributed by atoms with Crippen LogP contribution in [0, 0.1) is 11.8 Å². The molecule has 21 heavy (non-hydrogen) atoms. The number of hydroxylamine groups is 2. The van der Waals surface area contributed by atoms with Crippen LogP contribution in [0.15, 0.2) is 0 Å². The van der Waals surface area contributed by atoms with E-state index in [2.05, 4.69) is 0 Å². The van der Waals surface area contributed by atoms with Crippen LogP contribution in [0.25, 0.3) is 0 Å². The maximum Gasteiger partial charge on any atom is 0.317 e. The highest BCUT2D eigenvalue weighted by atomic mass is 16.5. The van der Waals surface area contributed by atoms with Crippen molar-refractivity contribution in [3.8, 4) is 0 Å². The lowest BCUT2D eigenvalue weighted by atomic mass is 9.97. The predicted octanol–water partition coefficient (Wildman–Crippen LogP) is 0.877. The maximum atomic E-state index is 11.4. The Morgan fingerprint density at radius 2 is 1.67 bits per heavy atom. The summed E-state index contributed by atoms with van der Waals surface area (Å²) in [5, 5.41) is 26.6. The van der Waals surface area contributed by atoms with Crippen molar-refractivity contribution in [2.75, 3.05) is 0 Å². The zero-order valence-electron chi connectivity index (χ0n) is 11.5. The number of imide groups is 1. The van der Waals surface area contributed by atoms with Crippen LogP contribution in [0.5, 0.6) is 0 Å². The van der Waals surface area contributed by atoms with Gasteiger partial charge in [0.25, 0.3) is 11.8 Å². The lowest BCUT2D eigenvalue weighted by Gasteiger charge is -2.08. The van der Waals surface area contributed by atoms with Gasteiger partial charge in [-0.25, -0.2) is 0 Å². The molecule has 2 amide bonds. The molecule has 1 aliphatic heterocycles. The van der Waals surface area contributed by atoms with E-state index in [1.807, 2.05) is 0 Å². The monoisotopic (exact) mass is 301 g/mol. The third kappa shape index (κ3) is 4.82. The Balaban J connectivity index is 2.15. The maximum absolute atomic E-state index is 11.4. The van der Waals surface area contributed by atoms with E-state index in [0.29, 0.717) is 25.7 Å². The zero-order valence-corrected chi connectivity index (χ0v) is 11.5. The normalized spacial score (nSPS) is 18.6. The SMILES string of the molecule is O=C(O)C(CCCCCCC1CC(=O)N(O)C1=O)C(=O)O. The number of hydrogen-bond donors (Lipinski definition) is 3. The zero-order chi connectivity index (χ0) is 16.0. The highest BCUT2D eigenvalue weighted by Crippen LogP contribution is 2.24. The highest BCUT2D eigenvalue weighted by molar-refractivity contribution is 6.02. The molecule has 1 fully saturated rings. The molecule has 1 aliphatic rings. The number of rotatable bonds is 9. The Bertz CT molecular complexity index is 420. The number of carbonyl (C=O) groups excluding carboxylic acids is 2. The molecule has 1 heterocycles. The first-order valence-corrected chi connectivity index (χ1v) is 6.86. The van der Waals surface area contributed by atoms with E-state index >= 15 is 0 Å². The number of carboxylic acid groups (broad SMARTS) is 2. The lowest BCUT2D eigenvalue weighted by Crippen LogP contribution is -2.26. The van der Waals surface area contributed by atoms with Crippen molar-refractivity contribution in [1.82, 2.24) is 5.06 Å². The number of aliphatic carboxylic acids is 2. The summed E-state index contributed by atoms with van der Waals surface area (Å²) >= 11 is 0. The molecule has 118 valence electrons. The van der Waals surface area contributed by atoms with Gasteiger partial charge in [-0.05, 0) is 12.8 Å². The topological polar surface area (TPSA) is 132 Å². The Labute approximate surface area is 121 Å². The molecule has 0 aromatic heterocycles. The minimum Gasteiger partial charge on any atom is -0.481 e. The summed E-state index contributed by atoms with van der Waals surface area (Å²) in [6.07, 6.45) is 3.12. The standard InChI is InChI=1S/C13H19NO7/c15-10-7-8(11(16)14(10)21)5-3-1-2-4-6-9(12(17)18)13(19)20/h8-9,21H,1-7H2,(H,17,18)(H,19,20). The minimum atomic E-state index is -1.37. The lowest BCUT2D eigenvalue weighted by molar-refractivity contribution is -0.172. The Hall–Kier alpha value is -1.96. The molecule has 0 aromatic rings. The fourth-order valence-electron chi connectivity index (χ4n) is 2.35. The van der Waals surface area contributed by atoms with Crippen LogP contribution >= 0.6 is 0 Å². The van der Waals surface area contributed by atoms with Gasteiger partial charge in [-0.15, -0.1) is 0 Å². The number of carboxylic acids is 2. The number of hydrogen-bond acceptors (Lipinski definition) is 5. The molecule has 8 heteroatoms. The summed E-state index contributed by atoms with van der Waals surface area (Å²) in [6, 6.07) is 0. The molecule has 8 nitrogen and oxygen atoms in total. The van der Waals surface area contributed by atoms with E-state index in [1.54, 1.807) is 0 Å². The molecule has 0 aliphatic carbocycles. The molecule has 1 atom stereocenters. The van der Waals surface area contributed by atoms with Crippen molar-refractivity contribution in [3.05, 3.63) is 0 Å². The third-order valence-electron chi connectivity index (χ3n) is 3.61. The number of nitrogens with zero attached hydrogens (tertiary/aromatic N) is 1. The average molecular weight is 301 g/mol. The quantitative estimate of drug-likeness (QED) is 0.249. The molecule has 1 unspecified atom stereocenters. The molecule has 1 saturated heterocycles. The summed E-state index contributed by atoms with van der Waals surface area (Å²) in [4.78, 5) is 43.8. The van der Waals surface area contributed by atoms with Gasteiger partial charge in [0, 0.05) is 12.3 Å². The third-order valence-corrected chi connectivity index (χ3v) is 3.61. The summed E-state index contributed by atoms with van der Waals surface area (Å²) in [5.74, 6) is -5.68. The van der Waals surface area contributed by atoms with E-state index in [-0.39, 0.29) is 17.9 Å². The van der Waals surface area contributed by atoms with Crippen molar-refractivity contribution in [3.63, 3.8) is 0 Å². The molecule has 0 radical (unpaired) electrons. The second-order valence-corrected chi connectivity index (χ2v) is 5.17. The van der Waals surface area contributed by atoms with Crippen LogP contribution < -0.4 is 0 Å². The van der Waals surface area contributed by atoms with Crippen LogP contribution in [0.4, 0.5) is 0 Å². The highest BCUT2D eigenvalue weighted by Gasteiger charge is 2.37. The van der Waals surface area contributed by atoms with Crippen molar-refractivity contribution >= 4 is 23.8 Å². The minimum absolute atomic E-state index is 0.0232. The summed E-state index contributed by atoms with van der Waals surface area (Å²) in [7, 11) is 0. The largest absolute Gasteiger partial charge is 0.481 e. The molecule has 3 N–H and O–H groups in total. The van der Waals surface area contributed by atoms with Gasteiger partial charge in [0.15, 0.2) is 5.92 Å². The molecule has 0 saturated carbocycles. The van der Waals surface area contributed by atoms with Gasteiger partial charge in [0.05, 0.1) is 0 Å². The first-order valence-electron chi connectivity index (χ1n) is 6.86. The van der Waals surface area contributed by atoms with Crippen LogP contribution in [-0.2, 0) is 19.2 Å². The van der Waals surface area contributed by atoms with Gasteiger partial charge >= 0.3 is 11.9 Å². The number of amides is 2. The van der Waals surface area contributed by atoms with Crippen LogP contribution in [0.2, 0.25) is 0 Å². The van der Waals surface area contributed by atoms with Crippen molar-refractivity contribution in [1.29, 1.82) is 0 Å². The van der Waals surface area contributed by atoms with Crippen molar-refractivity contribution in [2.24, 2.45) is 11.8 Å². The van der Waals surface area contributed by atoms with Crippen LogP contribution in [-0.4, -0.2) is 44.2 Å². The number of carbonyl (C=O) groups is 4. The van der Waals surface area contributed by atoms with Crippen molar-refractivity contribution in [2.45, 2.75) is 44.9 Å². The van der Waals surface area contributed by atoms with E-state index in [4.69, 9.17) is 15.4 Å². The molecule has 0 aromatic carbocycles. The predicted molar refractivity (Wildman–Crippen MR) is 68.2 cm³/mol. The van der Waals surface area contributed by atoms with E-state index in [1.165, 1.54) is 0 Å². The Morgan fingerprint density at radius 3 is 2.14 bits per heavy atom. The second kappa shape index (κ2) is 7.72. The van der Waals surface area contributed by atoms with E-state index in [9.17, 15) is 19.2 Å². The Kier molecular flexibility index (Phi) is 6.29. The van der Waals surface area contributed by atoms with Gasteiger partial charge in [-0.2, -0.15) is 5.06 Å². The van der Waals surface area contributed by atoms with Crippen LogP contribution in [0.3, 0.4) is 0 Å². The van der Waals surface area contributed by atoms with E-state index < -0.39 is 35.6 Å². The molecule has 1 rings (SSSR count). The van der Waals surface area contributed by atoms with Gasteiger partial charge in [-0.3, -0.25) is 24.4 Å². The van der Waals surface area contributed by atoms with Crippen LogP contribution in [0.1, 0.15) is 44.9 Å². The molecule has 0 bridgehead atoms. The van der Waals surface area contributed by atoms with Gasteiger partial charge in [-0.1, -0.05) is 25.7 Å². The van der Waals surface area contributed by atoms with Gasteiger partial charge in [0.1, 0.15) is 0 Å². The molecular weight excluding hydrogens is 282 g/mol. The second-order valence-electron chi connectivity index (χ2n) is 5.17. The van der Waals surface area contributed by atoms with E-state index in [0.717, 1.165) is 6.42 Å². The smallest absolute Gasteiger partial charge is 0.317 e.